The van der Waals surface area contributed by atoms with E-state index in [1.165, 1.54) is 0 Å². The number of nitrogens with zero attached hydrogens (tertiary/aromatic N) is 1. The Kier molecular flexibility index (Phi) is 2.26. The molecule has 76 valence electrons. The Labute approximate surface area is 82.0 Å². The summed E-state index contributed by atoms with van der Waals surface area (Å²) in [4.78, 5) is 4.02. The molecule has 0 saturated heterocycles. The number of rotatable bonds is 0. The number of aliphatic imine (C=N–C) groups is 1. The maximum absolute atomic E-state index is 11.0. The monoisotopic (exact) mass is 214 g/mol. The first kappa shape index (κ1) is 9.57. The van der Waals surface area contributed by atoms with Crippen molar-refractivity contribution in [2.45, 2.75) is 12.1 Å². The molecule has 0 spiro atoms. The van der Waals surface area contributed by atoms with Gasteiger partial charge in [-0.3, -0.25) is 4.99 Å². The van der Waals surface area contributed by atoms with Crippen molar-refractivity contribution in [3.05, 3.63) is 24.3 Å². The van der Waals surface area contributed by atoms with Gasteiger partial charge in [-0.1, -0.05) is 24.3 Å². The standard InChI is InChI=1S/C8H10N2O3S/c9-14(11,12)8-5-13-7-4-2-1-3-6(7)10-8/h1-4,6-7H,5H2,(H2,9,11,12). The quantitative estimate of drug-likeness (QED) is 0.594. The van der Waals surface area contributed by atoms with Gasteiger partial charge in [0.15, 0.2) is 5.04 Å². The zero-order valence-corrected chi connectivity index (χ0v) is 8.15. The summed E-state index contributed by atoms with van der Waals surface area (Å²) < 4.78 is 27.3. The molecule has 0 saturated carbocycles. The molecule has 0 radical (unpaired) electrons. The third kappa shape index (κ3) is 1.77. The minimum absolute atomic E-state index is 0.0435. The molecule has 0 aromatic heterocycles. The van der Waals surface area contributed by atoms with Gasteiger partial charge >= 0.3 is 0 Å². The molecular weight excluding hydrogens is 204 g/mol. The van der Waals surface area contributed by atoms with Gasteiger partial charge in [0.2, 0.25) is 0 Å². The molecule has 2 aliphatic rings. The van der Waals surface area contributed by atoms with Crippen LogP contribution in [0.1, 0.15) is 0 Å². The zero-order chi connectivity index (χ0) is 10.2. The average molecular weight is 214 g/mol. The van der Waals surface area contributed by atoms with E-state index in [1.54, 1.807) is 12.2 Å². The van der Waals surface area contributed by atoms with E-state index in [1.807, 2.05) is 12.2 Å². The van der Waals surface area contributed by atoms with Crippen LogP contribution in [-0.2, 0) is 14.8 Å². The molecule has 2 unspecified atom stereocenters. The van der Waals surface area contributed by atoms with Gasteiger partial charge in [-0.2, -0.15) is 0 Å². The fourth-order valence-corrected chi connectivity index (χ4v) is 1.87. The summed E-state index contributed by atoms with van der Waals surface area (Å²) in [5, 5.41) is 4.87. The first-order valence-electron chi connectivity index (χ1n) is 4.13. The number of ether oxygens (including phenoxy) is 1. The van der Waals surface area contributed by atoms with Crippen molar-refractivity contribution in [1.29, 1.82) is 0 Å². The van der Waals surface area contributed by atoms with E-state index in [-0.39, 0.29) is 23.8 Å². The van der Waals surface area contributed by atoms with Crippen molar-refractivity contribution in [3.63, 3.8) is 0 Å². The summed E-state index contributed by atoms with van der Waals surface area (Å²) in [6, 6.07) is -0.262. The molecule has 1 aliphatic heterocycles. The molecule has 6 heteroatoms. The number of sulfonamides is 1. The summed E-state index contributed by atoms with van der Waals surface area (Å²) in [6.07, 6.45) is 7.12. The van der Waals surface area contributed by atoms with Crippen LogP contribution in [0.4, 0.5) is 0 Å². The van der Waals surface area contributed by atoms with Crippen LogP contribution in [0, 0.1) is 0 Å². The largest absolute Gasteiger partial charge is 0.364 e. The molecule has 0 amide bonds. The van der Waals surface area contributed by atoms with Crippen LogP contribution in [0.25, 0.3) is 0 Å². The molecule has 0 aromatic carbocycles. The first-order chi connectivity index (χ1) is 6.57. The second-order valence-corrected chi connectivity index (χ2v) is 4.67. The minimum atomic E-state index is -3.71. The lowest BCUT2D eigenvalue weighted by atomic mass is 10.1. The number of hydrogen-bond acceptors (Lipinski definition) is 4. The summed E-state index contributed by atoms with van der Waals surface area (Å²) >= 11 is 0. The van der Waals surface area contributed by atoms with Gasteiger partial charge in [0.1, 0.15) is 12.7 Å². The van der Waals surface area contributed by atoms with Crippen molar-refractivity contribution in [1.82, 2.24) is 0 Å². The van der Waals surface area contributed by atoms with Gasteiger partial charge < -0.3 is 4.74 Å². The van der Waals surface area contributed by atoms with E-state index < -0.39 is 10.0 Å². The Morgan fingerprint density at radius 1 is 1.43 bits per heavy atom. The molecule has 1 heterocycles. The average Bonchev–Trinajstić information content (AvgIpc) is 2.16. The van der Waals surface area contributed by atoms with Gasteiger partial charge in [0, 0.05) is 0 Å². The second-order valence-electron chi connectivity index (χ2n) is 3.10. The summed E-state index contributed by atoms with van der Waals surface area (Å²) in [6.45, 7) is -0.0435. The summed E-state index contributed by atoms with van der Waals surface area (Å²) in [5.74, 6) is 0. The molecule has 14 heavy (non-hydrogen) atoms. The second kappa shape index (κ2) is 3.30. The normalized spacial score (nSPS) is 31.1. The van der Waals surface area contributed by atoms with Crippen molar-refractivity contribution in [3.8, 4) is 0 Å². The summed E-state index contributed by atoms with van der Waals surface area (Å²) in [7, 11) is -3.71. The highest BCUT2D eigenvalue weighted by molar-refractivity contribution is 8.04. The van der Waals surface area contributed by atoms with Gasteiger partial charge in [-0.15, -0.1) is 0 Å². The maximum Gasteiger partial charge on any atom is 0.253 e. The Balaban J connectivity index is 2.31. The highest BCUT2D eigenvalue weighted by Crippen LogP contribution is 2.17. The van der Waals surface area contributed by atoms with Crippen molar-refractivity contribution >= 4 is 15.1 Å². The lowest BCUT2D eigenvalue weighted by Crippen LogP contribution is -2.39. The van der Waals surface area contributed by atoms with Gasteiger partial charge in [-0.25, -0.2) is 13.6 Å². The van der Waals surface area contributed by atoms with E-state index in [0.29, 0.717) is 0 Å². The molecule has 5 nitrogen and oxygen atoms in total. The number of nitrogens with two attached hydrogens (primary N) is 1. The maximum atomic E-state index is 11.0. The number of fused-ring (bicyclic) bond motifs is 1. The van der Waals surface area contributed by atoms with E-state index >= 15 is 0 Å². The highest BCUT2D eigenvalue weighted by atomic mass is 32.2. The lowest BCUT2D eigenvalue weighted by Gasteiger charge is -2.26. The fraction of sp³-hybridized carbons (Fsp3) is 0.375. The van der Waals surface area contributed by atoms with Gasteiger partial charge in [-0.05, 0) is 0 Å². The number of hydrogen-bond donors (Lipinski definition) is 1. The van der Waals surface area contributed by atoms with Crippen LogP contribution in [-0.4, -0.2) is 32.2 Å². The van der Waals surface area contributed by atoms with Crippen LogP contribution >= 0.6 is 0 Å². The van der Waals surface area contributed by atoms with Crippen molar-refractivity contribution < 1.29 is 13.2 Å². The van der Waals surface area contributed by atoms with Crippen LogP contribution in [0.2, 0.25) is 0 Å². The lowest BCUT2D eigenvalue weighted by molar-refractivity contribution is 0.0984. The molecule has 2 rings (SSSR count). The van der Waals surface area contributed by atoms with Crippen LogP contribution in [0.15, 0.2) is 29.3 Å². The van der Waals surface area contributed by atoms with E-state index in [9.17, 15) is 8.42 Å². The van der Waals surface area contributed by atoms with Crippen LogP contribution in [0.5, 0.6) is 0 Å². The van der Waals surface area contributed by atoms with E-state index in [2.05, 4.69) is 4.99 Å². The molecule has 0 fully saturated rings. The Hall–Kier alpha value is -0.980. The van der Waals surface area contributed by atoms with Gasteiger partial charge in [0.25, 0.3) is 10.0 Å². The number of primary sulfonamides is 1. The molecule has 1 aliphatic carbocycles. The minimum Gasteiger partial charge on any atom is -0.364 e. The molecule has 2 atom stereocenters. The predicted molar refractivity (Wildman–Crippen MR) is 52.4 cm³/mol. The summed E-state index contributed by atoms with van der Waals surface area (Å²) in [5.41, 5.74) is 0. The van der Waals surface area contributed by atoms with E-state index in [4.69, 9.17) is 9.88 Å². The third-order valence-electron chi connectivity index (χ3n) is 2.08. The SMILES string of the molecule is NS(=O)(=O)C1=NC2C=CC=CC2OC1. The Morgan fingerprint density at radius 2 is 2.14 bits per heavy atom. The molecule has 0 bridgehead atoms. The third-order valence-corrected chi connectivity index (χ3v) is 2.96. The van der Waals surface area contributed by atoms with E-state index in [0.717, 1.165) is 0 Å². The fourth-order valence-electron chi connectivity index (χ4n) is 1.37. The topological polar surface area (TPSA) is 81.8 Å². The molecule has 2 N–H and O–H groups in total. The van der Waals surface area contributed by atoms with Gasteiger partial charge in [0.05, 0.1) is 6.04 Å². The predicted octanol–water partition coefficient (Wildman–Crippen LogP) is -0.433. The Bertz CT molecular complexity index is 422. The molecular formula is C8H10N2O3S. The first-order valence-corrected chi connectivity index (χ1v) is 5.68. The number of allylic oxidation sites excluding steroid dienone is 2. The molecule has 0 aromatic rings. The Morgan fingerprint density at radius 3 is 2.86 bits per heavy atom. The van der Waals surface area contributed by atoms with Crippen LogP contribution in [0.3, 0.4) is 0 Å². The smallest absolute Gasteiger partial charge is 0.253 e. The van der Waals surface area contributed by atoms with Crippen LogP contribution < -0.4 is 5.14 Å². The van der Waals surface area contributed by atoms with Crippen molar-refractivity contribution in [2.75, 3.05) is 6.61 Å². The van der Waals surface area contributed by atoms with Crippen molar-refractivity contribution in [2.24, 2.45) is 10.1 Å². The zero-order valence-electron chi connectivity index (χ0n) is 7.33. The highest BCUT2D eigenvalue weighted by Gasteiger charge is 2.28.